The van der Waals surface area contributed by atoms with Gasteiger partial charge in [-0.05, 0) is 31.2 Å². The molecular weight excluding hydrogens is 316 g/mol. The molecule has 0 radical (unpaired) electrons. The summed E-state index contributed by atoms with van der Waals surface area (Å²) < 4.78 is 33.9. The maximum atomic E-state index is 13.9. The van der Waals surface area contributed by atoms with Crippen molar-refractivity contribution in [3.63, 3.8) is 0 Å². The number of hydrogen-bond acceptors (Lipinski definition) is 5. The topological polar surface area (TPSA) is 68.2 Å². The van der Waals surface area contributed by atoms with E-state index in [-0.39, 0.29) is 5.69 Å². The molecule has 0 bridgehead atoms. The van der Waals surface area contributed by atoms with Crippen molar-refractivity contribution in [3.05, 3.63) is 60.0 Å². The van der Waals surface area contributed by atoms with Gasteiger partial charge in [0.25, 0.3) is 5.78 Å². The molecule has 4 rings (SSSR count). The number of fused-ring (bicyclic) bond motifs is 1. The molecule has 0 unspecified atom stereocenters. The van der Waals surface area contributed by atoms with E-state index in [1.165, 1.54) is 10.8 Å². The van der Waals surface area contributed by atoms with Crippen molar-refractivity contribution in [2.45, 2.75) is 6.92 Å². The van der Waals surface area contributed by atoms with Crippen LogP contribution in [0.1, 0.15) is 5.69 Å². The van der Waals surface area contributed by atoms with Gasteiger partial charge in [0.2, 0.25) is 5.82 Å². The van der Waals surface area contributed by atoms with E-state index in [9.17, 15) is 8.78 Å². The monoisotopic (exact) mass is 327 g/mol. The second-order valence-electron chi connectivity index (χ2n) is 5.16. The average Bonchev–Trinajstić information content (AvgIpc) is 3.19. The van der Waals surface area contributed by atoms with Crippen LogP contribution in [0.25, 0.3) is 17.4 Å². The predicted molar refractivity (Wildman–Crippen MR) is 82.9 cm³/mol. The maximum Gasteiger partial charge on any atom is 0.255 e. The van der Waals surface area contributed by atoms with Crippen LogP contribution in [0.5, 0.6) is 0 Å². The molecule has 0 amide bonds. The van der Waals surface area contributed by atoms with Crippen LogP contribution in [0.2, 0.25) is 0 Å². The van der Waals surface area contributed by atoms with Crippen LogP contribution >= 0.6 is 0 Å². The molecule has 0 aliphatic rings. The van der Waals surface area contributed by atoms with Gasteiger partial charge in [-0.2, -0.15) is 9.50 Å². The van der Waals surface area contributed by atoms with Crippen molar-refractivity contribution in [1.29, 1.82) is 0 Å². The van der Waals surface area contributed by atoms with Crippen LogP contribution in [0.3, 0.4) is 0 Å². The van der Waals surface area contributed by atoms with Crippen LogP contribution in [-0.2, 0) is 0 Å². The molecule has 0 aliphatic carbocycles. The lowest BCUT2D eigenvalue weighted by Gasteiger charge is -2.09. The highest BCUT2D eigenvalue weighted by Gasteiger charge is 2.14. The molecular formula is C16H11F2N5O. The molecule has 0 fully saturated rings. The normalized spacial score (nSPS) is 11.1. The third-order valence-electron chi connectivity index (χ3n) is 3.37. The largest absolute Gasteiger partial charge is 0.461 e. The average molecular weight is 327 g/mol. The number of rotatable bonds is 3. The Kier molecular flexibility index (Phi) is 3.23. The summed E-state index contributed by atoms with van der Waals surface area (Å²) in [5.41, 5.74) is 0.650. The highest BCUT2D eigenvalue weighted by molar-refractivity contribution is 5.61. The number of hydrogen-bond donors (Lipinski definition) is 1. The van der Waals surface area contributed by atoms with Gasteiger partial charge in [-0.1, -0.05) is 0 Å². The Morgan fingerprint density at radius 3 is 2.79 bits per heavy atom. The minimum Gasteiger partial charge on any atom is -0.461 e. The van der Waals surface area contributed by atoms with E-state index in [0.29, 0.717) is 28.9 Å². The van der Waals surface area contributed by atoms with Crippen molar-refractivity contribution < 1.29 is 13.2 Å². The SMILES string of the molecule is Cc1cc(Nc2cc(F)ccc2F)n2nc(-c3ccco3)nc2n1. The summed E-state index contributed by atoms with van der Waals surface area (Å²) in [5.74, 6) is 0.441. The summed E-state index contributed by atoms with van der Waals surface area (Å²) in [6.07, 6.45) is 1.51. The van der Waals surface area contributed by atoms with Gasteiger partial charge in [-0.15, -0.1) is 5.10 Å². The first-order chi connectivity index (χ1) is 11.6. The molecule has 0 saturated heterocycles. The van der Waals surface area contributed by atoms with E-state index in [4.69, 9.17) is 4.42 Å². The highest BCUT2D eigenvalue weighted by atomic mass is 19.1. The summed E-state index contributed by atoms with van der Waals surface area (Å²) in [6.45, 7) is 1.77. The quantitative estimate of drug-likeness (QED) is 0.621. The Morgan fingerprint density at radius 2 is 2.00 bits per heavy atom. The first-order valence-electron chi connectivity index (χ1n) is 7.10. The van der Waals surface area contributed by atoms with Crippen molar-refractivity contribution in [1.82, 2.24) is 19.6 Å². The van der Waals surface area contributed by atoms with Crippen LogP contribution in [0.15, 0.2) is 47.1 Å². The van der Waals surface area contributed by atoms with E-state index in [1.54, 1.807) is 25.1 Å². The summed E-state index contributed by atoms with van der Waals surface area (Å²) in [4.78, 5) is 8.59. The second-order valence-corrected chi connectivity index (χ2v) is 5.16. The van der Waals surface area contributed by atoms with E-state index in [0.717, 1.165) is 18.2 Å². The highest BCUT2D eigenvalue weighted by Crippen LogP contribution is 2.23. The minimum atomic E-state index is -0.578. The zero-order valence-corrected chi connectivity index (χ0v) is 12.5. The predicted octanol–water partition coefficient (Wildman–Crippen LogP) is 3.71. The van der Waals surface area contributed by atoms with Gasteiger partial charge in [0.15, 0.2) is 5.76 Å². The van der Waals surface area contributed by atoms with Gasteiger partial charge in [0.05, 0.1) is 12.0 Å². The van der Waals surface area contributed by atoms with Gasteiger partial charge in [-0.3, -0.25) is 0 Å². The van der Waals surface area contributed by atoms with Gasteiger partial charge in [-0.25, -0.2) is 13.8 Å². The number of halogens is 2. The van der Waals surface area contributed by atoms with Crippen molar-refractivity contribution in [2.24, 2.45) is 0 Å². The van der Waals surface area contributed by atoms with Crippen molar-refractivity contribution >= 4 is 17.3 Å². The molecule has 0 atom stereocenters. The van der Waals surface area contributed by atoms with E-state index in [2.05, 4.69) is 20.4 Å². The van der Waals surface area contributed by atoms with Crippen molar-refractivity contribution in [3.8, 4) is 11.6 Å². The number of furan rings is 1. The summed E-state index contributed by atoms with van der Waals surface area (Å²) >= 11 is 0. The zero-order chi connectivity index (χ0) is 16.7. The third kappa shape index (κ3) is 2.47. The van der Waals surface area contributed by atoms with Crippen molar-refractivity contribution in [2.75, 3.05) is 5.32 Å². The first kappa shape index (κ1) is 14.3. The molecule has 6 nitrogen and oxygen atoms in total. The number of nitrogens with zero attached hydrogens (tertiary/aromatic N) is 4. The molecule has 8 heteroatoms. The minimum absolute atomic E-state index is 0.00283. The molecule has 1 aromatic carbocycles. The molecule has 3 heterocycles. The molecule has 3 aromatic heterocycles. The molecule has 24 heavy (non-hydrogen) atoms. The van der Waals surface area contributed by atoms with E-state index < -0.39 is 11.6 Å². The molecule has 0 saturated carbocycles. The maximum absolute atomic E-state index is 13.9. The van der Waals surface area contributed by atoms with Crippen LogP contribution in [0, 0.1) is 18.6 Å². The fraction of sp³-hybridized carbons (Fsp3) is 0.0625. The standard InChI is InChI=1S/C16H11F2N5O/c1-9-7-14(20-12-8-10(17)4-5-11(12)18)23-16(19-9)21-15(22-23)13-3-2-6-24-13/h2-8,20H,1H3. The Balaban J connectivity index is 1.84. The summed E-state index contributed by atoms with van der Waals surface area (Å²) in [7, 11) is 0. The first-order valence-corrected chi connectivity index (χ1v) is 7.10. The van der Waals surface area contributed by atoms with Crippen LogP contribution in [-0.4, -0.2) is 19.6 Å². The molecule has 0 aliphatic heterocycles. The number of aromatic nitrogens is 4. The second kappa shape index (κ2) is 5.41. The summed E-state index contributed by atoms with van der Waals surface area (Å²) in [5, 5.41) is 7.15. The lowest BCUT2D eigenvalue weighted by atomic mass is 10.3. The fourth-order valence-electron chi connectivity index (χ4n) is 2.32. The Hall–Kier alpha value is -3.29. The lowest BCUT2D eigenvalue weighted by molar-refractivity contribution is 0.577. The smallest absolute Gasteiger partial charge is 0.255 e. The van der Waals surface area contributed by atoms with E-state index >= 15 is 0 Å². The number of anilines is 2. The number of benzene rings is 1. The van der Waals surface area contributed by atoms with Gasteiger partial charge in [0, 0.05) is 17.8 Å². The Bertz CT molecular complexity index is 1030. The molecule has 4 aromatic rings. The lowest BCUT2D eigenvalue weighted by Crippen LogP contribution is -2.04. The van der Waals surface area contributed by atoms with Crippen LogP contribution < -0.4 is 5.32 Å². The van der Waals surface area contributed by atoms with Crippen LogP contribution in [0.4, 0.5) is 20.3 Å². The Morgan fingerprint density at radius 1 is 1.12 bits per heavy atom. The zero-order valence-electron chi connectivity index (χ0n) is 12.5. The van der Waals surface area contributed by atoms with Gasteiger partial charge >= 0.3 is 0 Å². The molecule has 1 N–H and O–H groups in total. The summed E-state index contributed by atoms with van der Waals surface area (Å²) in [6, 6.07) is 8.29. The molecule has 120 valence electrons. The molecule has 0 spiro atoms. The fourth-order valence-corrected chi connectivity index (χ4v) is 2.32. The van der Waals surface area contributed by atoms with E-state index in [1.807, 2.05) is 0 Å². The number of aryl methyl sites for hydroxylation is 1. The van der Waals surface area contributed by atoms with Gasteiger partial charge in [0.1, 0.15) is 17.5 Å². The number of nitrogens with one attached hydrogen (secondary N) is 1. The third-order valence-corrected chi connectivity index (χ3v) is 3.37. The Labute approximate surface area is 134 Å². The van der Waals surface area contributed by atoms with Gasteiger partial charge < -0.3 is 9.73 Å².